The zero-order chi connectivity index (χ0) is 19.2. The quantitative estimate of drug-likeness (QED) is 0.814. The van der Waals surface area contributed by atoms with Crippen molar-refractivity contribution in [3.8, 4) is 6.07 Å². The number of amides is 1. The Morgan fingerprint density at radius 2 is 1.92 bits per heavy atom. The van der Waals surface area contributed by atoms with Crippen molar-refractivity contribution in [2.45, 2.75) is 51.0 Å². The molecule has 2 rings (SSSR count). The van der Waals surface area contributed by atoms with Crippen molar-refractivity contribution in [2.24, 2.45) is 0 Å². The minimum atomic E-state index is -0.529. The molecule has 5 nitrogen and oxygen atoms in total. The van der Waals surface area contributed by atoms with E-state index in [1.807, 2.05) is 20.8 Å². The molecule has 0 unspecified atom stereocenters. The van der Waals surface area contributed by atoms with Crippen molar-refractivity contribution in [1.82, 2.24) is 10.2 Å². The van der Waals surface area contributed by atoms with Crippen LogP contribution in [0.25, 0.3) is 0 Å². The van der Waals surface area contributed by atoms with E-state index in [1.54, 1.807) is 12.1 Å². The molecule has 0 atom stereocenters. The van der Waals surface area contributed by atoms with Crippen LogP contribution in [0.5, 0.6) is 0 Å². The lowest BCUT2D eigenvalue weighted by Crippen LogP contribution is -2.43. The Bertz CT molecular complexity index is 639. The van der Waals surface area contributed by atoms with E-state index in [9.17, 15) is 14.4 Å². The first-order valence-corrected chi connectivity index (χ1v) is 9.11. The Morgan fingerprint density at radius 1 is 1.31 bits per heavy atom. The normalized spacial score (nSPS) is 17.3. The average molecular weight is 361 g/mol. The third-order valence-corrected chi connectivity index (χ3v) is 4.64. The van der Waals surface area contributed by atoms with Gasteiger partial charge in [0.2, 0.25) is 0 Å². The number of piperidine rings is 1. The van der Waals surface area contributed by atoms with E-state index in [1.165, 1.54) is 12.1 Å². The standard InChI is InChI=1S/C20H28FN3O2/c1-19(2,3)26-18(25)23-11-4-12-24-13-9-20(15-22,10-14-24)16-5-7-17(21)8-6-16/h5-8H,4,9-14H2,1-3H3,(H,23,25). The summed E-state index contributed by atoms with van der Waals surface area (Å²) < 4.78 is 18.3. The third kappa shape index (κ3) is 5.70. The predicted octanol–water partition coefficient (Wildman–Crippen LogP) is 3.60. The Hall–Kier alpha value is -2.13. The number of benzene rings is 1. The molecule has 0 aliphatic carbocycles. The van der Waals surface area contributed by atoms with E-state index < -0.39 is 17.1 Å². The number of carbonyl (C=O) groups excluding carboxylic acids is 1. The maximum Gasteiger partial charge on any atom is 0.407 e. The summed E-state index contributed by atoms with van der Waals surface area (Å²) in [6, 6.07) is 8.74. The van der Waals surface area contributed by atoms with Gasteiger partial charge in [-0.05, 0) is 77.4 Å². The van der Waals surface area contributed by atoms with E-state index in [2.05, 4.69) is 16.3 Å². The lowest BCUT2D eigenvalue weighted by atomic mass is 9.74. The number of likely N-dealkylation sites (tertiary alicyclic amines) is 1. The van der Waals surface area contributed by atoms with Crippen molar-refractivity contribution in [3.63, 3.8) is 0 Å². The molecule has 1 amide bonds. The Kier molecular flexibility index (Phi) is 6.60. The van der Waals surface area contributed by atoms with Gasteiger partial charge in [0.25, 0.3) is 0 Å². The molecular weight excluding hydrogens is 333 g/mol. The van der Waals surface area contributed by atoms with Gasteiger partial charge in [-0.15, -0.1) is 0 Å². The summed E-state index contributed by atoms with van der Waals surface area (Å²) in [5, 5.41) is 12.5. The monoisotopic (exact) mass is 361 g/mol. The second kappa shape index (κ2) is 8.50. The zero-order valence-electron chi connectivity index (χ0n) is 15.8. The first kappa shape index (κ1) is 20.2. The molecule has 1 aromatic carbocycles. The second-order valence-electron chi connectivity index (χ2n) is 7.82. The number of rotatable bonds is 5. The number of carbonyl (C=O) groups is 1. The topological polar surface area (TPSA) is 65.4 Å². The van der Waals surface area contributed by atoms with Crippen molar-refractivity contribution in [2.75, 3.05) is 26.2 Å². The van der Waals surface area contributed by atoms with Crippen molar-refractivity contribution < 1.29 is 13.9 Å². The number of ether oxygens (including phenoxy) is 1. The number of nitrogens with zero attached hydrogens (tertiary/aromatic N) is 2. The molecular formula is C20H28FN3O2. The molecule has 1 aliphatic rings. The Labute approximate surface area is 155 Å². The SMILES string of the molecule is CC(C)(C)OC(=O)NCCCN1CCC(C#N)(c2ccc(F)cc2)CC1. The van der Waals surface area contributed by atoms with Crippen molar-refractivity contribution in [1.29, 1.82) is 5.26 Å². The largest absolute Gasteiger partial charge is 0.444 e. The summed E-state index contributed by atoms with van der Waals surface area (Å²) in [7, 11) is 0. The molecule has 0 radical (unpaired) electrons. The molecule has 1 N–H and O–H groups in total. The summed E-state index contributed by atoms with van der Waals surface area (Å²) in [6.07, 6.45) is 1.90. The second-order valence-corrected chi connectivity index (χ2v) is 7.82. The van der Waals surface area contributed by atoms with Gasteiger partial charge in [0.15, 0.2) is 0 Å². The molecule has 1 saturated heterocycles. The minimum Gasteiger partial charge on any atom is -0.444 e. The highest BCUT2D eigenvalue weighted by Crippen LogP contribution is 2.35. The number of nitriles is 1. The number of halogens is 1. The predicted molar refractivity (Wildman–Crippen MR) is 98.2 cm³/mol. The fourth-order valence-electron chi connectivity index (χ4n) is 3.20. The molecule has 26 heavy (non-hydrogen) atoms. The summed E-state index contributed by atoms with van der Waals surface area (Å²) in [4.78, 5) is 13.9. The summed E-state index contributed by atoms with van der Waals surface area (Å²) in [5.41, 5.74) is -0.121. The number of nitrogens with one attached hydrogen (secondary N) is 1. The molecule has 1 aliphatic heterocycles. The molecule has 1 heterocycles. The van der Waals surface area contributed by atoms with Gasteiger partial charge in [-0.25, -0.2) is 9.18 Å². The first-order valence-electron chi connectivity index (χ1n) is 9.11. The zero-order valence-corrected chi connectivity index (χ0v) is 15.8. The number of hydrogen-bond acceptors (Lipinski definition) is 4. The molecule has 0 aromatic heterocycles. The van der Waals surface area contributed by atoms with Crippen LogP contribution in [0.2, 0.25) is 0 Å². The summed E-state index contributed by atoms with van der Waals surface area (Å²) >= 11 is 0. The summed E-state index contributed by atoms with van der Waals surface area (Å²) in [6.45, 7) is 8.57. The maximum absolute atomic E-state index is 13.1. The van der Waals surface area contributed by atoms with Crippen molar-refractivity contribution >= 4 is 6.09 Å². The lowest BCUT2D eigenvalue weighted by molar-refractivity contribution is 0.0525. The number of hydrogen-bond donors (Lipinski definition) is 1. The highest BCUT2D eigenvalue weighted by atomic mass is 19.1. The van der Waals surface area contributed by atoms with Gasteiger partial charge < -0.3 is 15.0 Å². The minimum absolute atomic E-state index is 0.281. The van der Waals surface area contributed by atoms with Crippen LogP contribution in [-0.4, -0.2) is 42.8 Å². The van der Waals surface area contributed by atoms with E-state index in [0.29, 0.717) is 6.54 Å². The molecule has 0 bridgehead atoms. The Balaban J connectivity index is 1.75. The van der Waals surface area contributed by atoms with Gasteiger partial charge in [0, 0.05) is 6.54 Å². The molecule has 6 heteroatoms. The van der Waals surface area contributed by atoms with Crippen LogP contribution in [0, 0.1) is 17.1 Å². The van der Waals surface area contributed by atoms with E-state index in [4.69, 9.17) is 4.74 Å². The maximum atomic E-state index is 13.1. The number of alkyl carbamates (subject to hydrolysis) is 1. The van der Waals surface area contributed by atoms with Crippen LogP contribution in [-0.2, 0) is 10.2 Å². The molecule has 0 saturated carbocycles. The molecule has 0 spiro atoms. The lowest BCUT2D eigenvalue weighted by Gasteiger charge is -2.37. The van der Waals surface area contributed by atoms with E-state index in [-0.39, 0.29) is 5.82 Å². The van der Waals surface area contributed by atoms with E-state index in [0.717, 1.165) is 44.5 Å². The smallest absolute Gasteiger partial charge is 0.407 e. The van der Waals surface area contributed by atoms with Gasteiger partial charge in [0.05, 0.1) is 11.5 Å². The van der Waals surface area contributed by atoms with Crippen molar-refractivity contribution in [3.05, 3.63) is 35.6 Å². The Morgan fingerprint density at radius 3 is 2.46 bits per heavy atom. The molecule has 1 aromatic rings. The fraction of sp³-hybridized carbons (Fsp3) is 0.600. The first-order chi connectivity index (χ1) is 12.2. The fourth-order valence-corrected chi connectivity index (χ4v) is 3.20. The van der Waals surface area contributed by atoms with Gasteiger partial charge in [-0.2, -0.15) is 5.26 Å². The van der Waals surface area contributed by atoms with Crippen LogP contribution in [0.1, 0.15) is 45.6 Å². The van der Waals surface area contributed by atoms with Gasteiger partial charge in [-0.3, -0.25) is 0 Å². The molecule has 1 fully saturated rings. The third-order valence-electron chi connectivity index (χ3n) is 4.64. The van der Waals surface area contributed by atoms with Crippen LogP contribution < -0.4 is 5.32 Å². The van der Waals surface area contributed by atoms with Crippen LogP contribution in [0.15, 0.2) is 24.3 Å². The van der Waals surface area contributed by atoms with Crippen LogP contribution >= 0.6 is 0 Å². The summed E-state index contributed by atoms with van der Waals surface area (Å²) in [5.74, 6) is -0.281. The highest BCUT2D eigenvalue weighted by Gasteiger charge is 2.36. The molecule has 142 valence electrons. The average Bonchev–Trinajstić information content (AvgIpc) is 2.58. The van der Waals surface area contributed by atoms with Crippen LogP contribution in [0.3, 0.4) is 0 Å². The van der Waals surface area contributed by atoms with Crippen LogP contribution in [0.4, 0.5) is 9.18 Å². The van der Waals surface area contributed by atoms with E-state index >= 15 is 0 Å². The van der Waals surface area contributed by atoms with Gasteiger partial charge in [-0.1, -0.05) is 12.1 Å². The van der Waals surface area contributed by atoms with Gasteiger partial charge in [0.1, 0.15) is 11.4 Å². The van der Waals surface area contributed by atoms with Gasteiger partial charge >= 0.3 is 6.09 Å². The highest BCUT2D eigenvalue weighted by molar-refractivity contribution is 5.67.